The molecule has 0 bridgehead atoms. The van der Waals surface area contributed by atoms with Gasteiger partial charge in [-0.15, -0.1) is 0 Å². The molecule has 4 heterocycles. The molecule has 13 aromatic rings. The molecule has 0 unspecified atom stereocenters. The number of fused-ring (bicyclic) bond motifs is 6. The lowest BCUT2D eigenvalue weighted by atomic mass is 9.88. The van der Waals surface area contributed by atoms with Crippen molar-refractivity contribution in [3.63, 3.8) is 0 Å². The topological polar surface area (TPSA) is 111 Å². The lowest BCUT2D eigenvalue weighted by Crippen LogP contribution is -2.12. The van der Waals surface area contributed by atoms with E-state index in [9.17, 15) is 0 Å². The first-order valence-electron chi connectivity index (χ1n) is 20.5. The fourth-order valence-electron chi connectivity index (χ4n) is 9.11. The minimum absolute atomic E-state index is 0.362. The Morgan fingerprint density at radius 3 is 0.935 bits per heavy atom. The molecule has 0 atom stereocenters. The first-order chi connectivity index (χ1) is 30.3. The average molecular weight is 807 g/mol. The largest absolute Gasteiger partial charge is 0.423 e. The zero-order valence-corrected chi connectivity index (χ0v) is 34.0. The van der Waals surface area contributed by atoms with Crippen LogP contribution < -0.4 is 9.80 Å². The average Bonchev–Trinajstić information content (AvgIpc) is 4.08. The quantitative estimate of drug-likeness (QED) is 0.119. The summed E-state index contributed by atoms with van der Waals surface area (Å²) in [6.07, 6.45) is 0. The number of anilines is 6. The number of hydrogen-bond acceptors (Lipinski definition) is 10. The van der Waals surface area contributed by atoms with E-state index < -0.39 is 0 Å². The molecule has 296 valence electrons. The number of hydrogen-bond donors (Lipinski definition) is 0. The van der Waals surface area contributed by atoms with Gasteiger partial charge >= 0.3 is 24.1 Å². The van der Waals surface area contributed by atoms with Crippen LogP contribution in [0.25, 0.3) is 87.5 Å². The van der Waals surface area contributed by atoms with Gasteiger partial charge in [0.2, 0.25) is 0 Å². The molecule has 0 N–H and O–H groups in total. The van der Waals surface area contributed by atoms with Gasteiger partial charge in [0.05, 0.1) is 11.4 Å². The van der Waals surface area contributed by atoms with Crippen LogP contribution in [0.5, 0.6) is 0 Å². The van der Waals surface area contributed by atoms with E-state index in [0.29, 0.717) is 46.4 Å². The summed E-state index contributed by atoms with van der Waals surface area (Å²) >= 11 is 0. The Kier molecular flexibility index (Phi) is 7.05. The summed E-state index contributed by atoms with van der Waals surface area (Å²) in [6.45, 7) is 8.17. The van der Waals surface area contributed by atoms with Crippen molar-refractivity contribution in [1.82, 2.24) is 19.9 Å². The van der Waals surface area contributed by atoms with Crippen LogP contribution in [0.2, 0.25) is 0 Å². The molecule has 0 saturated carbocycles. The molecule has 13 rings (SSSR count). The van der Waals surface area contributed by atoms with Gasteiger partial charge < -0.3 is 17.7 Å². The van der Waals surface area contributed by atoms with Gasteiger partial charge in [-0.25, -0.2) is 9.80 Å². The molecule has 9 aromatic carbocycles. The molecule has 62 heavy (non-hydrogen) atoms. The number of benzene rings is 9. The molecule has 0 amide bonds. The van der Waals surface area contributed by atoms with E-state index in [0.717, 1.165) is 98.8 Å². The Morgan fingerprint density at radius 2 is 0.613 bits per heavy atom. The zero-order valence-electron chi connectivity index (χ0n) is 34.0. The molecular weight excluding hydrogens is 773 g/mol. The molecule has 0 saturated heterocycles. The molecular formula is C52H34N6O4. The summed E-state index contributed by atoms with van der Waals surface area (Å²) in [5, 5.41) is 8.57. The lowest BCUT2D eigenvalue weighted by molar-refractivity contribution is 0.566. The van der Waals surface area contributed by atoms with Crippen LogP contribution in [0, 0.1) is 27.7 Å². The third-order valence-electron chi connectivity index (χ3n) is 12.0. The van der Waals surface area contributed by atoms with Crippen molar-refractivity contribution in [2.45, 2.75) is 27.7 Å². The van der Waals surface area contributed by atoms with Crippen molar-refractivity contribution in [2.24, 2.45) is 0 Å². The second-order valence-electron chi connectivity index (χ2n) is 16.3. The van der Waals surface area contributed by atoms with E-state index in [1.54, 1.807) is 0 Å². The van der Waals surface area contributed by atoms with Crippen LogP contribution in [0.4, 0.5) is 35.4 Å². The summed E-state index contributed by atoms with van der Waals surface area (Å²) in [6, 6.07) is 47.0. The molecule has 4 aromatic heterocycles. The summed E-state index contributed by atoms with van der Waals surface area (Å²) in [5.41, 5.74) is 11.7. The van der Waals surface area contributed by atoms with E-state index >= 15 is 0 Å². The Hall–Kier alpha value is -8.24. The maximum Gasteiger partial charge on any atom is 0.311 e. The van der Waals surface area contributed by atoms with Gasteiger partial charge in [0.15, 0.2) is 22.3 Å². The van der Waals surface area contributed by atoms with Crippen LogP contribution in [-0.2, 0) is 0 Å². The van der Waals surface area contributed by atoms with Crippen LogP contribution in [0.1, 0.15) is 22.3 Å². The Bertz CT molecular complexity index is 3530. The number of aryl methyl sites for hydroxylation is 4. The standard InChI is InChI=1S/C52H34N6O4/c1-27-11-17-37-43(23-27)59-49(53-37)57(50-54-38-18-12-28(2)24-44(38)60-50)41-21-15-33-34-16-22-42(36-10-6-8-32(48(34)36)31-7-5-9-35(41)47(31)33)58(51-55-39-19-13-29(3)25-45(39)61-51)52-56-40-20-14-30(4)26-46(40)62-52/h5-26H,1-4H3. The van der Waals surface area contributed by atoms with Gasteiger partial charge in [-0.1, -0.05) is 72.8 Å². The van der Waals surface area contributed by atoms with Gasteiger partial charge in [0.1, 0.15) is 22.1 Å². The van der Waals surface area contributed by atoms with Crippen LogP contribution in [0.15, 0.2) is 151 Å². The lowest BCUT2D eigenvalue weighted by Gasteiger charge is -2.23. The van der Waals surface area contributed by atoms with E-state index in [1.807, 2.05) is 110 Å². The number of oxazole rings is 4. The summed E-state index contributed by atoms with van der Waals surface area (Å²) in [5.74, 6) is 0. The highest BCUT2D eigenvalue weighted by atomic mass is 16.4. The van der Waals surface area contributed by atoms with Crippen molar-refractivity contribution >= 4 is 123 Å². The summed E-state index contributed by atoms with van der Waals surface area (Å²) in [4.78, 5) is 23.8. The highest BCUT2D eigenvalue weighted by molar-refractivity contribution is 6.35. The summed E-state index contributed by atoms with van der Waals surface area (Å²) < 4.78 is 26.1. The maximum absolute atomic E-state index is 6.54. The minimum Gasteiger partial charge on any atom is -0.423 e. The highest BCUT2D eigenvalue weighted by Gasteiger charge is 2.30. The Morgan fingerprint density at radius 1 is 0.323 bits per heavy atom. The SMILES string of the molecule is Cc1ccc2nc(N(c3nc4ccc(C)cc4o3)c3ccc4c5ccc(N(c6nc7ccc(C)cc7o6)c6nc7ccc(C)cc7o6)c6cccc(c7cccc3c74)c65)oc2c1. The third-order valence-corrected chi connectivity index (χ3v) is 12.0. The molecule has 10 nitrogen and oxygen atoms in total. The van der Waals surface area contributed by atoms with Crippen molar-refractivity contribution in [1.29, 1.82) is 0 Å². The zero-order chi connectivity index (χ0) is 41.4. The number of rotatable bonds is 6. The van der Waals surface area contributed by atoms with E-state index in [1.165, 1.54) is 0 Å². The van der Waals surface area contributed by atoms with Gasteiger partial charge in [0, 0.05) is 10.8 Å². The monoisotopic (exact) mass is 806 g/mol. The van der Waals surface area contributed by atoms with Crippen LogP contribution in [0.3, 0.4) is 0 Å². The predicted octanol–water partition coefficient (Wildman–Crippen LogP) is 14.5. The smallest absolute Gasteiger partial charge is 0.311 e. The summed E-state index contributed by atoms with van der Waals surface area (Å²) in [7, 11) is 0. The number of nitrogens with zero attached hydrogens (tertiary/aromatic N) is 6. The molecule has 0 spiro atoms. The van der Waals surface area contributed by atoms with Crippen molar-refractivity contribution < 1.29 is 17.7 Å². The third kappa shape index (κ3) is 5.10. The molecule has 0 aliphatic carbocycles. The van der Waals surface area contributed by atoms with Crippen molar-refractivity contribution in [3.8, 4) is 0 Å². The number of aromatic nitrogens is 4. The van der Waals surface area contributed by atoms with Gasteiger partial charge in [0.25, 0.3) is 0 Å². The Labute approximate surface area is 352 Å². The second kappa shape index (κ2) is 12.6. The fraction of sp³-hybridized carbons (Fsp3) is 0.0769. The first-order valence-corrected chi connectivity index (χ1v) is 20.5. The predicted molar refractivity (Wildman–Crippen MR) is 246 cm³/mol. The molecule has 0 aliphatic heterocycles. The second-order valence-corrected chi connectivity index (χ2v) is 16.3. The van der Waals surface area contributed by atoms with Crippen LogP contribution >= 0.6 is 0 Å². The molecule has 10 heteroatoms. The normalized spacial score (nSPS) is 12.2. The molecule has 0 fully saturated rings. The fourth-order valence-corrected chi connectivity index (χ4v) is 9.11. The molecule has 0 aliphatic rings. The van der Waals surface area contributed by atoms with E-state index in [-0.39, 0.29) is 0 Å². The van der Waals surface area contributed by atoms with Gasteiger partial charge in [-0.05, 0) is 143 Å². The Balaban J connectivity index is 1.06. The van der Waals surface area contributed by atoms with E-state index in [2.05, 4.69) is 60.7 Å². The minimum atomic E-state index is 0.362. The molecule has 0 radical (unpaired) electrons. The highest BCUT2D eigenvalue weighted by Crippen LogP contribution is 2.49. The maximum atomic E-state index is 6.54. The van der Waals surface area contributed by atoms with Crippen molar-refractivity contribution in [3.05, 3.63) is 156 Å². The van der Waals surface area contributed by atoms with Crippen molar-refractivity contribution in [2.75, 3.05) is 9.80 Å². The van der Waals surface area contributed by atoms with Gasteiger partial charge in [-0.3, -0.25) is 0 Å². The van der Waals surface area contributed by atoms with Crippen LogP contribution in [-0.4, -0.2) is 19.9 Å². The van der Waals surface area contributed by atoms with E-state index in [4.69, 9.17) is 37.6 Å². The van der Waals surface area contributed by atoms with Gasteiger partial charge in [-0.2, -0.15) is 19.9 Å². The first kappa shape index (κ1) is 34.6.